The lowest BCUT2D eigenvalue weighted by atomic mass is 10.1. The van der Waals surface area contributed by atoms with Crippen molar-refractivity contribution in [1.82, 2.24) is 0 Å². The summed E-state index contributed by atoms with van der Waals surface area (Å²) in [6.07, 6.45) is 0. The smallest absolute Gasteiger partial charge is 0.373 e. The van der Waals surface area contributed by atoms with Crippen LogP contribution in [0, 0.1) is 0 Å². The fraction of sp³-hybridized carbons (Fsp3) is 0.167. The zero-order valence-electron chi connectivity index (χ0n) is 14.4. The summed E-state index contributed by atoms with van der Waals surface area (Å²) in [5.74, 6) is -1.16. The van der Waals surface area contributed by atoms with Crippen LogP contribution in [0.5, 0.6) is 0 Å². The van der Waals surface area contributed by atoms with E-state index in [1.165, 1.54) is 48.8 Å². The zero-order valence-corrected chi connectivity index (χ0v) is 16.1. The fourth-order valence-electron chi connectivity index (χ4n) is 2.30. The van der Waals surface area contributed by atoms with E-state index in [2.05, 4.69) is 10.1 Å². The highest BCUT2D eigenvalue weighted by Gasteiger charge is 2.23. The lowest BCUT2D eigenvalue weighted by Crippen LogP contribution is -2.11. The van der Waals surface area contributed by atoms with Crippen molar-refractivity contribution in [2.75, 3.05) is 12.4 Å². The number of methoxy groups -OCH3 is 1. The first-order chi connectivity index (χ1) is 13.0. The van der Waals surface area contributed by atoms with Crippen LogP contribution in [0.2, 0.25) is 0 Å². The molecule has 0 aromatic carbocycles. The molecule has 140 valence electrons. The zero-order chi connectivity index (χ0) is 19.4. The standard InChI is InChI=1S/C18H15NO6S2/c1-10(20)19-16-15(12(9-27-16)14-4-3-7-26-14)18(22)24-8-11-5-6-13(25-11)17(21)23-2/h3-7,9H,8H2,1-2H3,(H,19,20). The molecule has 0 unspecified atom stereocenters. The maximum Gasteiger partial charge on any atom is 0.373 e. The summed E-state index contributed by atoms with van der Waals surface area (Å²) in [5.41, 5.74) is 0.982. The van der Waals surface area contributed by atoms with Gasteiger partial charge in [0.25, 0.3) is 0 Å². The maximum atomic E-state index is 12.7. The molecule has 0 aliphatic heterocycles. The summed E-state index contributed by atoms with van der Waals surface area (Å²) >= 11 is 2.73. The maximum absolute atomic E-state index is 12.7. The van der Waals surface area contributed by atoms with Gasteiger partial charge in [-0.05, 0) is 23.6 Å². The molecule has 3 aromatic rings. The Morgan fingerprint density at radius 2 is 1.96 bits per heavy atom. The Kier molecular flexibility index (Phi) is 5.72. The van der Waals surface area contributed by atoms with E-state index in [9.17, 15) is 14.4 Å². The molecule has 0 atom stereocenters. The van der Waals surface area contributed by atoms with Crippen LogP contribution in [0.3, 0.4) is 0 Å². The number of carbonyl (C=O) groups is 3. The van der Waals surface area contributed by atoms with E-state index < -0.39 is 11.9 Å². The van der Waals surface area contributed by atoms with Crippen molar-refractivity contribution in [1.29, 1.82) is 0 Å². The predicted molar refractivity (Wildman–Crippen MR) is 101 cm³/mol. The average Bonchev–Trinajstić information content (AvgIpc) is 3.38. The molecule has 9 heteroatoms. The molecule has 0 saturated carbocycles. The molecule has 0 aliphatic carbocycles. The minimum absolute atomic E-state index is 0.0253. The van der Waals surface area contributed by atoms with E-state index in [4.69, 9.17) is 9.15 Å². The number of carbonyl (C=O) groups excluding carboxylic acids is 3. The van der Waals surface area contributed by atoms with Gasteiger partial charge >= 0.3 is 11.9 Å². The van der Waals surface area contributed by atoms with Crippen molar-refractivity contribution in [3.8, 4) is 10.4 Å². The number of anilines is 1. The largest absolute Gasteiger partial charge is 0.463 e. The van der Waals surface area contributed by atoms with Gasteiger partial charge < -0.3 is 19.2 Å². The van der Waals surface area contributed by atoms with Gasteiger partial charge in [-0.25, -0.2) is 9.59 Å². The fourth-order valence-corrected chi connectivity index (χ4v) is 4.12. The second-order valence-electron chi connectivity index (χ2n) is 5.35. The van der Waals surface area contributed by atoms with Crippen LogP contribution in [0.1, 0.15) is 33.6 Å². The van der Waals surface area contributed by atoms with E-state index in [1.807, 2.05) is 17.5 Å². The van der Waals surface area contributed by atoms with E-state index in [0.717, 1.165) is 4.88 Å². The lowest BCUT2D eigenvalue weighted by molar-refractivity contribution is -0.114. The van der Waals surface area contributed by atoms with E-state index in [-0.39, 0.29) is 23.8 Å². The summed E-state index contributed by atoms with van der Waals surface area (Å²) in [6.45, 7) is 1.21. The van der Waals surface area contributed by atoms with Crippen LogP contribution in [0.4, 0.5) is 5.00 Å². The Morgan fingerprint density at radius 1 is 1.15 bits per heavy atom. The molecule has 3 aromatic heterocycles. The highest BCUT2D eigenvalue weighted by molar-refractivity contribution is 7.17. The number of amides is 1. The third kappa shape index (κ3) is 4.26. The molecule has 27 heavy (non-hydrogen) atoms. The Hall–Kier alpha value is -2.91. The van der Waals surface area contributed by atoms with Gasteiger partial charge in [0.2, 0.25) is 11.7 Å². The first-order valence-corrected chi connectivity index (χ1v) is 9.52. The van der Waals surface area contributed by atoms with Gasteiger partial charge in [0, 0.05) is 22.7 Å². The summed E-state index contributed by atoms with van der Waals surface area (Å²) in [7, 11) is 1.25. The number of furan rings is 1. The van der Waals surface area contributed by atoms with Crippen LogP contribution in [0.25, 0.3) is 10.4 Å². The molecule has 1 amide bonds. The quantitative estimate of drug-likeness (QED) is 0.619. The molecule has 1 N–H and O–H groups in total. The molecular weight excluding hydrogens is 390 g/mol. The molecule has 0 radical (unpaired) electrons. The van der Waals surface area contributed by atoms with E-state index in [0.29, 0.717) is 16.3 Å². The van der Waals surface area contributed by atoms with Crippen molar-refractivity contribution < 1.29 is 28.3 Å². The van der Waals surface area contributed by atoms with Crippen LogP contribution < -0.4 is 5.32 Å². The normalized spacial score (nSPS) is 10.4. The lowest BCUT2D eigenvalue weighted by Gasteiger charge is -2.07. The first-order valence-electron chi connectivity index (χ1n) is 7.76. The van der Waals surface area contributed by atoms with E-state index >= 15 is 0 Å². The summed E-state index contributed by atoms with van der Waals surface area (Å²) in [5, 5.41) is 6.78. The van der Waals surface area contributed by atoms with Crippen molar-refractivity contribution in [3.05, 3.63) is 52.1 Å². The summed E-state index contributed by atoms with van der Waals surface area (Å²) in [6, 6.07) is 6.74. The van der Waals surface area contributed by atoms with Gasteiger partial charge in [-0.2, -0.15) is 0 Å². The van der Waals surface area contributed by atoms with E-state index in [1.54, 1.807) is 5.38 Å². The van der Waals surface area contributed by atoms with Gasteiger partial charge in [0.05, 0.1) is 7.11 Å². The molecule has 0 aliphatic rings. The number of esters is 2. The van der Waals surface area contributed by atoms with Gasteiger partial charge in [-0.15, -0.1) is 22.7 Å². The molecule has 0 fully saturated rings. The third-order valence-electron chi connectivity index (χ3n) is 3.47. The highest BCUT2D eigenvalue weighted by atomic mass is 32.1. The number of hydrogen-bond acceptors (Lipinski definition) is 8. The minimum Gasteiger partial charge on any atom is -0.463 e. The van der Waals surface area contributed by atoms with Gasteiger partial charge in [0.15, 0.2) is 0 Å². The highest BCUT2D eigenvalue weighted by Crippen LogP contribution is 2.38. The number of thiophene rings is 2. The molecule has 0 saturated heterocycles. The molecule has 3 rings (SSSR count). The van der Waals surface area contributed by atoms with Crippen LogP contribution in [-0.4, -0.2) is 25.0 Å². The van der Waals surface area contributed by atoms with Crippen LogP contribution in [-0.2, 0) is 20.9 Å². The number of nitrogens with one attached hydrogen (secondary N) is 1. The van der Waals surface area contributed by atoms with Crippen molar-refractivity contribution in [2.24, 2.45) is 0 Å². The van der Waals surface area contributed by atoms with Crippen molar-refractivity contribution in [2.45, 2.75) is 13.5 Å². The molecule has 7 nitrogen and oxygen atoms in total. The summed E-state index contributed by atoms with van der Waals surface area (Å²) in [4.78, 5) is 36.4. The third-order valence-corrected chi connectivity index (χ3v) is 5.26. The Labute approximate surface area is 162 Å². The number of ether oxygens (including phenoxy) is 2. The number of rotatable bonds is 6. The molecule has 0 bridgehead atoms. The average molecular weight is 405 g/mol. The Morgan fingerprint density at radius 3 is 2.63 bits per heavy atom. The van der Waals surface area contributed by atoms with Crippen LogP contribution >= 0.6 is 22.7 Å². The second-order valence-corrected chi connectivity index (χ2v) is 7.17. The van der Waals surface area contributed by atoms with Crippen molar-refractivity contribution >= 4 is 45.5 Å². The molecular formula is C18H15NO6S2. The Balaban J connectivity index is 1.81. The predicted octanol–water partition coefficient (Wildman–Crippen LogP) is 4.17. The SMILES string of the molecule is COC(=O)c1ccc(COC(=O)c2c(-c3cccs3)csc2NC(C)=O)o1. The number of hydrogen-bond donors (Lipinski definition) is 1. The van der Waals surface area contributed by atoms with Gasteiger partial charge in [-0.3, -0.25) is 4.79 Å². The summed E-state index contributed by atoms with van der Waals surface area (Å²) < 4.78 is 15.2. The monoisotopic (exact) mass is 405 g/mol. The Bertz CT molecular complexity index is 970. The molecule has 3 heterocycles. The minimum atomic E-state index is -0.613. The van der Waals surface area contributed by atoms with Gasteiger partial charge in [-0.1, -0.05) is 6.07 Å². The molecule has 0 spiro atoms. The second kappa shape index (κ2) is 8.19. The van der Waals surface area contributed by atoms with Gasteiger partial charge in [0.1, 0.15) is 22.9 Å². The topological polar surface area (TPSA) is 94.8 Å². The van der Waals surface area contributed by atoms with Crippen molar-refractivity contribution in [3.63, 3.8) is 0 Å². The first kappa shape index (κ1) is 18.9. The van der Waals surface area contributed by atoms with Crippen LogP contribution in [0.15, 0.2) is 39.4 Å².